The van der Waals surface area contributed by atoms with Crippen molar-refractivity contribution in [3.63, 3.8) is 0 Å². The van der Waals surface area contributed by atoms with Gasteiger partial charge in [0, 0.05) is 33.9 Å². The number of carbonyl (C=O) groups excluding carboxylic acids is 3. The van der Waals surface area contributed by atoms with Crippen LogP contribution in [0, 0.1) is 0 Å². The first-order valence-electron chi connectivity index (χ1n) is 9.61. The molecule has 0 N–H and O–H groups in total. The van der Waals surface area contributed by atoms with E-state index in [4.69, 9.17) is 9.47 Å². The average molecular weight is 404 g/mol. The molecule has 0 aromatic heterocycles. The maximum atomic E-state index is 13.3. The summed E-state index contributed by atoms with van der Waals surface area (Å²) >= 11 is 0. The van der Waals surface area contributed by atoms with E-state index in [1.165, 1.54) is 27.0 Å². The molecule has 30 heavy (non-hydrogen) atoms. The summed E-state index contributed by atoms with van der Waals surface area (Å²) in [5, 5.41) is 0. The van der Waals surface area contributed by atoms with Crippen molar-refractivity contribution in [1.82, 2.24) is 0 Å². The van der Waals surface area contributed by atoms with Crippen molar-refractivity contribution in [2.24, 2.45) is 0 Å². The van der Waals surface area contributed by atoms with E-state index in [9.17, 15) is 14.4 Å². The molecule has 154 valence electrons. The number of ether oxygens (including phenoxy) is 2. The van der Waals surface area contributed by atoms with Gasteiger partial charge in [0.25, 0.3) is 0 Å². The summed E-state index contributed by atoms with van der Waals surface area (Å²) in [4.78, 5) is 38.4. The molecule has 1 aliphatic heterocycles. The Balaban J connectivity index is 2.25. The lowest BCUT2D eigenvalue weighted by Crippen LogP contribution is -2.29. The quantitative estimate of drug-likeness (QED) is 0.378. The molecule has 1 aliphatic rings. The molecule has 0 saturated heterocycles. The van der Waals surface area contributed by atoms with Gasteiger partial charge >= 0.3 is 0 Å². The van der Waals surface area contributed by atoms with E-state index < -0.39 is 11.4 Å². The predicted molar refractivity (Wildman–Crippen MR) is 116 cm³/mol. The molecule has 5 heteroatoms. The molecule has 0 amide bonds. The van der Waals surface area contributed by atoms with E-state index in [1.807, 2.05) is 50.3 Å². The van der Waals surface area contributed by atoms with Gasteiger partial charge in [-0.05, 0) is 39.8 Å². The normalized spacial score (nSPS) is 14.5. The maximum Gasteiger partial charge on any atom is 0.191 e. The second-order valence-electron chi connectivity index (χ2n) is 7.68. The Hall–Kier alpha value is -3.47. The number of methoxy groups -OCH3 is 1. The van der Waals surface area contributed by atoms with Gasteiger partial charge in [0.1, 0.15) is 17.1 Å². The second-order valence-corrected chi connectivity index (χ2v) is 7.68. The van der Waals surface area contributed by atoms with E-state index in [2.05, 4.69) is 0 Å². The Kier molecular flexibility index (Phi) is 5.74. The Morgan fingerprint density at radius 3 is 2.23 bits per heavy atom. The number of allylic oxidation sites excluding steroid dienone is 1. The average Bonchev–Trinajstić information content (AvgIpc) is 2.70. The lowest BCUT2D eigenvalue weighted by atomic mass is 9.86. The van der Waals surface area contributed by atoms with Gasteiger partial charge in [-0.25, -0.2) is 0 Å². The third kappa shape index (κ3) is 4.10. The van der Waals surface area contributed by atoms with Gasteiger partial charge < -0.3 is 9.47 Å². The fourth-order valence-corrected chi connectivity index (χ4v) is 3.48. The Labute approximate surface area is 176 Å². The van der Waals surface area contributed by atoms with Crippen molar-refractivity contribution >= 4 is 29.2 Å². The van der Waals surface area contributed by atoms with Gasteiger partial charge in [0.05, 0.1) is 7.11 Å². The molecule has 1 heterocycles. The predicted octanol–water partition coefficient (Wildman–Crippen LogP) is 5.15. The summed E-state index contributed by atoms with van der Waals surface area (Å²) in [5.41, 5.74) is 1.01. The van der Waals surface area contributed by atoms with Crippen molar-refractivity contribution in [1.29, 1.82) is 0 Å². The minimum Gasteiger partial charge on any atom is -0.496 e. The molecule has 2 aromatic rings. The molecule has 0 atom stereocenters. The highest BCUT2D eigenvalue weighted by molar-refractivity contribution is 6.21. The van der Waals surface area contributed by atoms with Gasteiger partial charge in [-0.2, -0.15) is 0 Å². The number of hydrogen-bond donors (Lipinski definition) is 0. The summed E-state index contributed by atoms with van der Waals surface area (Å²) in [5.74, 6) is -0.375. The van der Waals surface area contributed by atoms with E-state index in [0.717, 1.165) is 0 Å². The molecule has 0 saturated carbocycles. The lowest BCUT2D eigenvalue weighted by Gasteiger charge is -2.30. The summed E-state index contributed by atoms with van der Waals surface area (Å²) in [6.45, 7) is 6.49. The zero-order valence-electron chi connectivity index (χ0n) is 17.7. The highest BCUT2D eigenvalue weighted by Crippen LogP contribution is 2.37. The number of Topliss-reactive ketones (excluding diaryl/α,β-unsaturated/α-hetero) is 2. The fourth-order valence-electron chi connectivity index (χ4n) is 3.48. The number of fused-ring (bicyclic) bond motifs is 1. The number of hydrogen-bond acceptors (Lipinski definition) is 5. The molecule has 0 bridgehead atoms. The van der Waals surface area contributed by atoms with Crippen molar-refractivity contribution < 1.29 is 23.9 Å². The van der Waals surface area contributed by atoms with Crippen LogP contribution < -0.4 is 4.74 Å². The second kappa shape index (κ2) is 8.11. The molecule has 0 aliphatic carbocycles. The lowest BCUT2D eigenvalue weighted by molar-refractivity contribution is 0.0977. The first kappa shape index (κ1) is 21.2. The topological polar surface area (TPSA) is 69.7 Å². The van der Waals surface area contributed by atoms with Gasteiger partial charge in [-0.3, -0.25) is 14.4 Å². The number of ketones is 3. The third-order valence-electron chi connectivity index (χ3n) is 4.87. The first-order chi connectivity index (χ1) is 14.1. The van der Waals surface area contributed by atoms with Crippen molar-refractivity contribution in [2.75, 3.05) is 7.11 Å². The SMILES string of the molecule is CO/C(=C\C(=O)c1c(C(C)=O)cc2c(c1C(C)=O)C=CC(C)(C)O2)c1ccccc1. The standard InChI is InChI=1S/C25H24O5/c1-15(26)19-13-22-18(11-12-25(3,4)30-22)23(16(2)27)24(19)20(28)14-21(29-5)17-9-7-6-8-10-17/h6-14H,1-5H3/b21-14-. The number of carbonyl (C=O) groups is 3. The molecule has 0 unspecified atom stereocenters. The molecule has 3 rings (SSSR count). The minimum atomic E-state index is -0.586. The van der Waals surface area contributed by atoms with E-state index in [1.54, 1.807) is 12.1 Å². The van der Waals surface area contributed by atoms with Crippen molar-refractivity contribution in [3.8, 4) is 5.75 Å². The monoisotopic (exact) mass is 404 g/mol. The van der Waals surface area contributed by atoms with Crippen LogP contribution in [0.15, 0.2) is 48.6 Å². The first-order valence-corrected chi connectivity index (χ1v) is 9.61. The Bertz CT molecular complexity index is 1090. The van der Waals surface area contributed by atoms with Crippen LogP contribution in [-0.2, 0) is 4.74 Å². The van der Waals surface area contributed by atoms with E-state index in [-0.39, 0.29) is 28.3 Å². The molecular formula is C25H24O5. The van der Waals surface area contributed by atoms with Crippen LogP contribution >= 0.6 is 0 Å². The van der Waals surface area contributed by atoms with Crippen LogP contribution in [0.4, 0.5) is 0 Å². The number of rotatable bonds is 6. The third-order valence-corrected chi connectivity index (χ3v) is 4.87. The Morgan fingerprint density at radius 2 is 1.67 bits per heavy atom. The molecule has 5 nitrogen and oxygen atoms in total. The van der Waals surface area contributed by atoms with E-state index >= 15 is 0 Å². The highest BCUT2D eigenvalue weighted by Gasteiger charge is 2.31. The van der Waals surface area contributed by atoms with Gasteiger partial charge in [0.15, 0.2) is 17.3 Å². The van der Waals surface area contributed by atoms with Gasteiger partial charge in [-0.1, -0.05) is 36.4 Å². The van der Waals surface area contributed by atoms with Crippen molar-refractivity contribution in [3.05, 3.63) is 76.4 Å². The zero-order valence-corrected chi connectivity index (χ0v) is 17.7. The van der Waals surface area contributed by atoms with Crippen LogP contribution in [0.2, 0.25) is 0 Å². The summed E-state index contributed by atoms with van der Waals surface area (Å²) in [6.07, 6.45) is 4.91. The number of benzene rings is 2. The molecule has 0 fully saturated rings. The maximum absolute atomic E-state index is 13.3. The van der Waals surface area contributed by atoms with Crippen molar-refractivity contribution in [2.45, 2.75) is 33.3 Å². The van der Waals surface area contributed by atoms with Crippen LogP contribution in [0.1, 0.15) is 69.9 Å². The molecule has 0 radical (unpaired) electrons. The van der Waals surface area contributed by atoms with Crippen LogP contribution in [-0.4, -0.2) is 30.1 Å². The summed E-state index contributed by atoms with van der Waals surface area (Å²) < 4.78 is 11.4. The largest absolute Gasteiger partial charge is 0.496 e. The van der Waals surface area contributed by atoms with Crippen LogP contribution in [0.25, 0.3) is 11.8 Å². The van der Waals surface area contributed by atoms with Crippen LogP contribution in [0.3, 0.4) is 0 Å². The van der Waals surface area contributed by atoms with Gasteiger partial charge in [0.2, 0.25) is 0 Å². The summed E-state index contributed by atoms with van der Waals surface area (Å²) in [6, 6.07) is 10.7. The van der Waals surface area contributed by atoms with Gasteiger partial charge in [-0.15, -0.1) is 0 Å². The smallest absolute Gasteiger partial charge is 0.191 e. The van der Waals surface area contributed by atoms with E-state index in [0.29, 0.717) is 22.6 Å². The molecule has 2 aromatic carbocycles. The molecular weight excluding hydrogens is 380 g/mol. The zero-order chi connectivity index (χ0) is 22.1. The van der Waals surface area contributed by atoms with Crippen LogP contribution in [0.5, 0.6) is 5.75 Å². The molecule has 0 spiro atoms. The minimum absolute atomic E-state index is 0.0622. The summed E-state index contributed by atoms with van der Waals surface area (Å²) in [7, 11) is 1.47. The Morgan fingerprint density at radius 1 is 1.00 bits per heavy atom. The fraction of sp³-hybridized carbons (Fsp3) is 0.240. The highest BCUT2D eigenvalue weighted by atomic mass is 16.5.